The molecule has 2 aliphatic heterocycles. The molecule has 2 heteroatoms. The quantitative estimate of drug-likeness (QED) is 0.552. The summed E-state index contributed by atoms with van der Waals surface area (Å²) in [6, 6.07) is 0. The Morgan fingerprint density at radius 2 is 1.91 bits per heavy atom. The van der Waals surface area contributed by atoms with Crippen molar-refractivity contribution in [3.8, 4) is 0 Å². The third-order valence-corrected chi connectivity index (χ3v) is 3.19. The standard InChI is InChI=1S/C9H18N2/c1-8(2)4-9(5-10-6-9)11(3)7-8/h10H,4-7H2,1-3H3. The van der Waals surface area contributed by atoms with Gasteiger partial charge in [-0.2, -0.15) is 0 Å². The summed E-state index contributed by atoms with van der Waals surface area (Å²) in [5, 5.41) is 3.37. The average Bonchev–Trinajstić information content (AvgIpc) is 1.99. The summed E-state index contributed by atoms with van der Waals surface area (Å²) in [5.74, 6) is 0. The van der Waals surface area contributed by atoms with Gasteiger partial charge in [-0.05, 0) is 18.9 Å². The molecule has 0 aromatic carbocycles. The van der Waals surface area contributed by atoms with Crippen LogP contribution < -0.4 is 5.32 Å². The highest BCUT2D eigenvalue weighted by atomic mass is 15.3. The topological polar surface area (TPSA) is 15.3 Å². The van der Waals surface area contributed by atoms with Gasteiger partial charge in [-0.25, -0.2) is 0 Å². The second-order valence-corrected chi connectivity index (χ2v) is 5.02. The normalized spacial score (nSPS) is 34.1. The van der Waals surface area contributed by atoms with Crippen LogP contribution in [0.2, 0.25) is 0 Å². The van der Waals surface area contributed by atoms with Crippen LogP contribution in [0.15, 0.2) is 0 Å². The maximum atomic E-state index is 3.37. The lowest BCUT2D eigenvalue weighted by molar-refractivity contribution is 0.105. The van der Waals surface area contributed by atoms with Gasteiger partial charge in [-0.1, -0.05) is 13.8 Å². The summed E-state index contributed by atoms with van der Waals surface area (Å²) in [5.41, 5.74) is 1.07. The van der Waals surface area contributed by atoms with E-state index in [9.17, 15) is 0 Å². The number of hydrogen-bond acceptors (Lipinski definition) is 2. The van der Waals surface area contributed by atoms with E-state index in [1.807, 2.05) is 0 Å². The number of nitrogens with zero attached hydrogens (tertiary/aromatic N) is 1. The summed E-state index contributed by atoms with van der Waals surface area (Å²) in [7, 11) is 2.26. The fraction of sp³-hybridized carbons (Fsp3) is 1.00. The Hall–Kier alpha value is -0.0800. The molecule has 1 N–H and O–H groups in total. The lowest BCUT2D eigenvalue weighted by atomic mass is 9.80. The first kappa shape index (κ1) is 7.56. The Bertz CT molecular complexity index is 170. The first-order chi connectivity index (χ1) is 5.04. The lowest BCUT2D eigenvalue weighted by Gasteiger charge is -2.45. The number of rotatable bonds is 0. The predicted molar refractivity (Wildman–Crippen MR) is 46.6 cm³/mol. The van der Waals surface area contributed by atoms with E-state index in [4.69, 9.17) is 0 Å². The number of hydrogen-bond donors (Lipinski definition) is 1. The summed E-state index contributed by atoms with van der Waals surface area (Å²) in [4.78, 5) is 2.53. The minimum Gasteiger partial charge on any atom is -0.313 e. The molecule has 0 aromatic heterocycles. The molecule has 2 nitrogen and oxygen atoms in total. The molecule has 0 aromatic rings. The molecule has 11 heavy (non-hydrogen) atoms. The van der Waals surface area contributed by atoms with E-state index >= 15 is 0 Å². The maximum Gasteiger partial charge on any atom is 0.0460 e. The van der Waals surface area contributed by atoms with Crippen LogP contribution in [0.3, 0.4) is 0 Å². The van der Waals surface area contributed by atoms with Crippen LogP contribution in [-0.4, -0.2) is 37.1 Å². The van der Waals surface area contributed by atoms with E-state index in [1.54, 1.807) is 0 Å². The Kier molecular flexibility index (Phi) is 1.37. The van der Waals surface area contributed by atoms with Crippen LogP contribution in [0.25, 0.3) is 0 Å². The smallest absolute Gasteiger partial charge is 0.0460 e. The second-order valence-electron chi connectivity index (χ2n) is 5.02. The number of likely N-dealkylation sites (N-methyl/N-ethyl adjacent to an activating group) is 1. The molecule has 0 radical (unpaired) electrons. The van der Waals surface area contributed by atoms with Gasteiger partial charge in [0.25, 0.3) is 0 Å². The molecule has 2 aliphatic rings. The minimum atomic E-state index is 0.531. The molecule has 0 aliphatic carbocycles. The van der Waals surface area contributed by atoms with Gasteiger partial charge >= 0.3 is 0 Å². The van der Waals surface area contributed by atoms with E-state index < -0.39 is 0 Å². The molecule has 2 heterocycles. The van der Waals surface area contributed by atoms with Crippen molar-refractivity contribution in [2.45, 2.75) is 25.8 Å². The van der Waals surface area contributed by atoms with E-state index in [-0.39, 0.29) is 0 Å². The van der Waals surface area contributed by atoms with Gasteiger partial charge in [0.1, 0.15) is 0 Å². The Labute approximate surface area is 69.0 Å². The van der Waals surface area contributed by atoms with E-state index in [1.165, 1.54) is 26.1 Å². The highest BCUT2D eigenvalue weighted by Gasteiger charge is 2.50. The third-order valence-electron chi connectivity index (χ3n) is 3.19. The summed E-state index contributed by atoms with van der Waals surface area (Å²) in [6.07, 6.45) is 1.36. The second kappa shape index (κ2) is 1.99. The van der Waals surface area contributed by atoms with Crippen molar-refractivity contribution in [3.05, 3.63) is 0 Å². The third kappa shape index (κ3) is 1.00. The maximum absolute atomic E-state index is 3.37. The Morgan fingerprint density at radius 1 is 1.27 bits per heavy atom. The highest BCUT2D eigenvalue weighted by Crippen LogP contribution is 2.41. The van der Waals surface area contributed by atoms with Crippen molar-refractivity contribution >= 4 is 0 Å². The number of likely N-dealkylation sites (tertiary alicyclic amines) is 1. The lowest BCUT2D eigenvalue weighted by Crippen LogP contribution is -2.65. The van der Waals surface area contributed by atoms with Crippen molar-refractivity contribution < 1.29 is 0 Å². The molecule has 0 amide bonds. The fourth-order valence-electron chi connectivity index (χ4n) is 2.70. The molecule has 64 valence electrons. The van der Waals surface area contributed by atoms with Gasteiger partial charge in [-0.3, -0.25) is 4.90 Å². The van der Waals surface area contributed by atoms with Crippen LogP contribution in [-0.2, 0) is 0 Å². The summed E-state index contributed by atoms with van der Waals surface area (Å²) < 4.78 is 0. The first-order valence-electron chi connectivity index (χ1n) is 4.46. The summed E-state index contributed by atoms with van der Waals surface area (Å²) in [6.45, 7) is 8.40. The average molecular weight is 154 g/mol. The van der Waals surface area contributed by atoms with E-state index in [0.717, 1.165) is 0 Å². The fourth-order valence-corrected chi connectivity index (χ4v) is 2.70. The van der Waals surface area contributed by atoms with Crippen molar-refractivity contribution in [1.82, 2.24) is 10.2 Å². The highest BCUT2D eigenvalue weighted by molar-refractivity contribution is 5.09. The molecule has 0 unspecified atom stereocenters. The zero-order valence-electron chi connectivity index (χ0n) is 7.78. The van der Waals surface area contributed by atoms with E-state index in [2.05, 4.69) is 31.1 Å². The molecule has 0 bridgehead atoms. The zero-order valence-corrected chi connectivity index (χ0v) is 7.78. The molecule has 0 saturated carbocycles. The molecule has 1 spiro atoms. The zero-order chi connectivity index (χ0) is 8.11. The molecular weight excluding hydrogens is 136 g/mol. The van der Waals surface area contributed by atoms with Crippen molar-refractivity contribution in [2.24, 2.45) is 5.41 Å². The molecule has 2 rings (SSSR count). The predicted octanol–water partition coefficient (Wildman–Crippen LogP) is 0.690. The van der Waals surface area contributed by atoms with Crippen LogP contribution in [0, 0.1) is 5.41 Å². The first-order valence-corrected chi connectivity index (χ1v) is 4.46. The van der Waals surface area contributed by atoms with Crippen LogP contribution in [0.4, 0.5) is 0 Å². The van der Waals surface area contributed by atoms with E-state index in [0.29, 0.717) is 11.0 Å². The number of nitrogens with one attached hydrogen (secondary N) is 1. The van der Waals surface area contributed by atoms with Crippen LogP contribution >= 0.6 is 0 Å². The molecular formula is C9H18N2. The van der Waals surface area contributed by atoms with Gasteiger partial charge in [0.05, 0.1) is 0 Å². The Balaban J connectivity index is 2.14. The van der Waals surface area contributed by atoms with Crippen LogP contribution in [0.1, 0.15) is 20.3 Å². The molecule has 2 fully saturated rings. The summed E-state index contributed by atoms with van der Waals surface area (Å²) >= 11 is 0. The largest absolute Gasteiger partial charge is 0.313 e. The van der Waals surface area contributed by atoms with Gasteiger partial charge in [0.2, 0.25) is 0 Å². The van der Waals surface area contributed by atoms with Gasteiger partial charge in [0, 0.05) is 25.2 Å². The molecule has 2 saturated heterocycles. The van der Waals surface area contributed by atoms with Crippen molar-refractivity contribution in [1.29, 1.82) is 0 Å². The Morgan fingerprint density at radius 3 is 2.09 bits per heavy atom. The van der Waals surface area contributed by atoms with Gasteiger partial charge in [-0.15, -0.1) is 0 Å². The SMILES string of the molecule is CN1CC(C)(C)CC12CNC2. The van der Waals surface area contributed by atoms with Gasteiger partial charge in [0.15, 0.2) is 0 Å². The monoisotopic (exact) mass is 154 g/mol. The minimum absolute atomic E-state index is 0.531. The van der Waals surface area contributed by atoms with Crippen molar-refractivity contribution in [2.75, 3.05) is 26.7 Å². The van der Waals surface area contributed by atoms with Crippen LogP contribution in [0.5, 0.6) is 0 Å². The van der Waals surface area contributed by atoms with Crippen molar-refractivity contribution in [3.63, 3.8) is 0 Å². The molecule has 0 atom stereocenters. The van der Waals surface area contributed by atoms with Gasteiger partial charge < -0.3 is 5.32 Å².